The van der Waals surface area contributed by atoms with Crippen LogP contribution in [0.3, 0.4) is 0 Å². The van der Waals surface area contributed by atoms with Crippen molar-refractivity contribution in [2.45, 2.75) is 20.3 Å². The topological polar surface area (TPSA) is 40.5 Å². The van der Waals surface area contributed by atoms with Crippen LogP contribution in [0.25, 0.3) is 0 Å². The first-order valence-corrected chi connectivity index (χ1v) is 5.82. The van der Waals surface area contributed by atoms with Crippen molar-refractivity contribution in [1.82, 2.24) is 0 Å². The van der Waals surface area contributed by atoms with Gasteiger partial charge in [0.2, 0.25) is 0 Å². The summed E-state index contributed by atoms with van der Waals surface area (Å²) in [6.45, 7) is 5.92. The Morgan fingerprint density at radius 3 is 2.65 bits per heavy atom. The zero-order valence-corrected chi connectivity index (χ0v) is 10.2. The summed E-state index contributed by atoms with van der Waals surface area (Å²) in [5.41, 5.74) is 3.75. The predicted octanol–water partition coefficient (Wildman–Crippen LogP) is 2.85. The molecule has 0 unspecified atom stereocenters. The average molecular weight is 231 g/mol. The molecule has 0 atom stereocenters. The molecule has 3 nitrogen and oxygen atoms in total. The molecule has 0 bridgehead atoms. The number of anilines is 1. The number of hydrogen-bond donors (Lipinski definition) is 1. The minimum Gasteiger partial charge on any atom is -0.478 e. The number of rotatable bonds is 2. The standard InChI is InChI=1S/C14H17NO2/c1-10-5-7-15(8-6-10)12-3-4-13(14(16)17)11(2)9-12/h3-5,9H,6-8H2,1-2H3,(H,16,17). The van der Waals surface area contributed by atoms with Crippen LogP contribution in [0.2, 0.25) is 0 Å². The molecule has 0 aromatic heterocycles. The van der Waals surface area contributed by atoms with E-state index < -0.39 is 5.97 Å². The van der Waals surface area contributed by atoms with Crippen LogP contribution in [0.1, 0.15) is 29.3 Å². The number of benzene rings is 1. The monoisotopic (exact) mass is 231 g/mol. The number of carboxylic acids is 1. The highest BCUT2D eigenvalue weighted by atomic mass is 16.4. The van der Waals surface area contributed by atoms with Crippen LogP contribution in [-0.4, -0.2) is 24.2 Å². The summed E-state index contributed by atoms with van der Waals surface area (Å²) in [5, 5.41) is 8.98. The number of aryl methyl sites for hydroxylation is 1. The normalized spacial score (nSPS) is 15.6. The van der Waals surface area contributed by atoms with Gasteiger partial charge in [0.25, 0.3) is 0 Å². The second kappa shape index (κ2) is 4.62. The molecule has 0 aliphatic carbocycles. The van der Waals surface area contributed by atoms with E-state index in [1.165, 1.54) is 5.57 Å². The Kier molecular flexibility index (Phi) is 3.18. The van der Waals surface area contributed by atoms with Crippen molar-refractivity contribution in [3.8, 4) is 0 Å². The van der Waals surface area contributed by atoms with Gasteiger partial charge in [0.15, 0.2) is 0 Å². The van der Waals surface area contributed by atoms with E-state index in [1.54, 1.807) is 6.07 Å². The van der Waals surface area contributed by atoms with E-state index in [-0.39, 0.29) is 0 Å². The van der Waals surface area contributed by atoms with Gasteiger partial charge >= 0.3 is 5.97 Å². The molecule has 1 aromatic carbocycles. The van der Waals surface area contributed by atoms with Crippen LogP contribution in [0.5, 0.6) is 0 Å². The van der Waals surface area contributed by atoms with Crippen LogP contribution >= 0.6 is 0 Å². The minimum absolute atomic E-state index is 0.387. The first-order valence-electron chi connectivity index (χ1n) is 5.82. The van der Waals surface area contributed by atoms with Crippen LogP contribution in [-0.2, 0) is 0 Å². The number of aromatic carboxylic acids is 1. The van der Waals surface area contributed by atoms with Crippen LogP contribution in [0.15, 0.2) is 29.8 Å². The fraction of sp³-hybridized carbons (Fsp3) is 0.357. The quantitative estimate of drug-likeness (QED) is 0.796. The van der Waals surface area contributed by atoms with Gasteiger partial charge in [0, 0.05) is 18.8 Å². The molecular weight excluding hydrogens is 214 g/mol. The molecule has 0 amide bonds. The molecule has 0 fully saturated rings. The first kappa shape index (κ1) is 11.7. The third-order valence-electron chi connectivity index (χ3n) is 3.24. The fourth-order valence-corrected chi connectivity index (χ4v) is 2.09. The number of carbonyl (C=O) groups is 1. The summed E-state index contributed by atoms with van der Waals surface area (Å²) >= 11 is 0. The van der Waals surface area contributed by atoms with Gasteiger partial charge < -0.3 is 10.0 Å². The van der Waals surface area contributed by atoms with Gasteiger partial charge in [0.1, 0.15) is 0 Å². The van der Waals surface area contributed by atoms with Crippen LogP contribution in [0, 0.1) is 6.92 Å². The molecule has 1 aromatic rings. The van der Waals surface area contributed by atoms with Crippen molar-refractivity contribution >= 4 is 11.7 Å². The minimum atomic E-state index is -0.858. The summed E-state index contributed by atoms with van der Waals surface area (Å²) in [4.78, 5) is 13.2. The second-order valence-electron chi connectivity index (χ2n) is 4.55. The molecule has 3 heteroatoms. The highest BCUT2D eigenvalue weighted by Gasteiger charge is 2.13. The maximum atomic E-state index is 10.9. The molecule has 1 N–H and O–H groups in total. The molecule has 1 aliphatic rings. The third kappa shape index (κ3) is 2.49. The molecule has 2 rings (SSSR count). The zero-order chi connectivity index (χ0) is 12.4. The van der Waals surface area contributed by atoms with Crippen molar-refractivity contribution in [2.75, 3.05) is 18.0 Å². The Bertz CT molecular complexity index is 477. The molecular formula is C14H17NO2. The molecule has 1 aliphatic heterocycles. The number of hydrogen-bond acceptors (Lipinski definition) is 2. The van der Waals surface area contributed by atoms with Gasteiger partial charge in [-0.15, -0.1) is 0 Å². The number of carboxylic acid groups (broad SMARTS) is 1. The lowest BCUT2D eigenvalue weighted by Crippen LogP contribution is -2.28. The van der Waals surface area contributed by atoms with Crippen molar-refractivity contribution < 1.29 is 9.90 Å². The van der Waals surface area contributed by atoms with E-state index in [0.717, 1.165) is 30.8 Å². The highest BCUT2D eigenvalue weighted by Crippen LogP contribution is 2.22. The van der Waals surface area contributed by atoms with Gasteiger partial charge in [0.05, 0.1) is 5.56 Å². The molecule has 17 heavy (non-hydrogen) atoms. The highest BCUT2D eigenvalue weighted by molar-refractivity contribution is 5.89. The SMILES string of the molecule is CC1=CCN(c2ccc(C(=O)O)c(C)c2)CC1. The Balaban J connectivity index is 2.23. The fourth-order valence-electron chi connectivity index (χ4n) is 2.09. The van der Waals surface area contributed by atoms with E-state index in [2.05, 4.69) is 17.9 Å². The maximum absolute atomic E-state index is 10.9. The predicted molar refractivity (Wildman–Crippen MR) is 68.7 cm³/mol. The lowest BCUT2D eigenvalue weighted by molar-refractivity contribution is 0.0696. The van der Waals surface area contributed by atoms with Crippen LogP contribution in [0.4, 0.5) is 5.69 Å². The van der Waals surface area contributed by atoms with E-state index in [1.807, 2.05) is 19.1 Å². The van der Waals surface area contributed by atoms with Gasteiger partial charge in [-0.05, 0) is 44.0 Å². The first-order chi connectivity index (χ1) is 8.08. The largest absolute Gasteiger partial charge is 0.478 e. The summed E-state index contributed by atoms with van der Waals surface area (Å²) < 4.78 is 0. The molecule has 0 radical (unpaired) electrons. The van der Waals surface area contributed by atoms with E-state index in [0.29, 0.717) is 5.56 Å². The molecule has 0 saturated carbocycles. The van der Waals surface area contributed by atoms with Gasteiger partial charge in [-0.25, -0.2) is 4.79 Å². The molecule has 90 valence electrons. The summed E-state index contributed by atoms with van der Waals surface area (Å²) in [5.74, 6) is -0.858. The van der Waals surface area contributed by atoms with Crippen molar-refractivity contribution in [2.24, 2.45) is 0 Å². The van der Waals surface area contributed by atoms with Crippen LogP contribution < -0.4 is 4.90 Å². The lowest BCUT2D eigenvalue weighted by atomic mass is 10.1. The van der Waals surface area contributed by atoms with Gasteiger partial charge in [-0.3, -0.25) is 0 Å². The van der Waals surface area contributed by atoms with Gasteiger partial charge in [-0.1, -0.05) is 11.6 Å². The van der Waals surface area contributed by atoms with Crippen molar-refractivity contribution in [1.29, 1.82) is 0 Å². The Labute approximate surface area is 101 Å². The molecule has 0 spiro atoms. The Morgan fingerprint density at radius 2 is 2.12 bits per heavy atom. The van der Waals surface area contributed by atoms with E-state index in [4.69, 9.17) is 5.11 Å². The smallest absolute Gasteiger partial charge is 0.335 e. The lowest BCUT2D eigenvalue weighted by Gasteiger charge is -2.28. The van der Waals surface area contributed by atoms with Crippen molar-refractivity contribution in [3.05, 3.63) is 41.0 Å². The van der Waals surface area contributed by atoms with Gasteiger partial charge in [-0.2, -0.15) is 0 Å². The summed E-state index contributed by atoms with van der Waals surface area (Å²) in [6.07, 6.45) is 3.31. The van der Waals surface area contributed by atoms with Crippen molar-refractivity contribution in [3.63, 3.8) is 0 Å². The Morgan fingerprint density at radius 1 is 1.35 bits per heavy atom. The molecule has 0 saturated heterocycles. The Hall–Kier alpha value is -1.77. The average Bonchev–Trinajstić information content (AvgIpc) is 2.29. The zero-order valence-electron chi connectivity index (χ0n) is 10.2. The summed E-state index contributed by atoms with van der Waals surface area (Å²) in [6, 6.07) is 5.54. The second-order valence-corrected chi connectivity index (χ2v) is 4.55. The van der Waals surface area contributed by atoms with E-state index >= 15 is 0 Å². The number of nitrogens with zero attached hydrogens (tertiary/aromatic N) is 1. The summed E-state index contributed by atoms with van der Waals surface area (Å²) in [7, 11) is 0. The third-order valence-corrected chi connectivity index (χ3v) is 3.24. The maximum Gasteiger partial charge on any atom is 0.335 e. The molecule has 1 heterocycles. The van der Waals surface area contributed by atoms with E-state index in [9.17, 15) is 4.79 Å².